The van der Waals surface area contributed by atoms with Gasteiger partial charge < -0.3 is 5.32 Å². The molecule has 0 aliphatic heterocycles. The summed E-state index contributed by atoms with van der Waals surface area (Å²) in [6, 6.07) is 2.59. The van der Waals surface area contributed by atoms with Gasteiger partial charge in [0.2, 0.25) is 0 Å². The van der Waals surface area contributed by atoms with E-state index in [0.29, 0.717) is 6.04 Å². The fourth-order valence-electron chi connectivity index (χ4n) is 2.17. The number of nitrogens with zero attached hydrogens (tertiary/aromatic N) is 2. The summed E-state index contributed by atoms with van der Waals surface area (Å²) >= 11 is 0. The number of hydrogen-bond acceptors (Lipinski definition) is 2. The minimum absolute atomic E-state index is 0.402. The molecule has 102 valence electrons. The zero-order valence-electron chi connectivity index (χ0n) is 12.1. The van der Waals surface area contributed by atoms with Crippen molar-refractivity contribution in [1.82, 2.24) is 15.1 Å². The molecular weight excluding hydrogens is 222 g/mol. The van der Waals surface area contributed by atoms with Crippen molar-refractivity contribution in [3.63, 3.8) is 0 Å². The van der Waals surface area contributed by atoms with Crippen LogP contribution in [0.3, 0.4) is 0 Å². The van der Waals surface area contributed by atoms with Gasteiger partial charge in [0.1, 0.15) is 0 Å². The topological polar surface area (TPSA) is 29.9 Å². The highest BCUT2D eigenvalue weighted by Gasteiger charge is 2.13. The Morgan fingerprint density at radius 2 is 2.22 bits per heavy atom. The number of allylic oxidation sites excluding steroid dienone is 1. The van der Waals surface area contributed by atoms with Crippen LogP contribution in [0.15, 0.2) is 18.7 Å². The predicted molar refractivity (Wildman–Crippen MR) is 77.6 cm³/mol. The van der Waals surface area contributed by atoms with Gasteiger partial charge in [0, 0.05) is 12.7 Å². The quantitative estimate of drug-likeness (QED) is 0.536. The Morgan fingerprint density at radius 1 is 1.44 bits per heavy atom. The van der Waals surface area contributed by atoms with E-state index in [1.165, 1.54) is 37.1 Å². The van der Waals surface area contributed by atoms with Crippen molar-refractivity contribution >= 4 is 0 Å². The Hall–Kier alpha value is -1.09. The molecule has 0 amide bonds. The lowest BCUT2D eigenvalue weighted by atomic mass is 10.0. The maximum atomic E-state index is 4.58. The zero-order valence-corrected chi connectivity index (χ0v) is 12.1. The minimum atomic E-state index is 0.402. The SMILES string of the molecule is C=CCCCCCC(NCC)c1cc(C)n(C)n1. The standard InChI is InChI=1S/C15H27N3/c1-5-7-8-9-10-11-14(16-6-2)15-12-13(3)18(4)17-15/h5,12,14,16H,1,6-11H2,2-4H3. The van der Waals surface area contributed by atoms with Crippen LogP contribution in [0.4, 0.5) is 0 Å². The van der Waals surface area contributed by atoms with E-state index >= 15 is 0 Å². The van der Waals surface area contributed by atoms with E-state index in [9.17, 15) is 0 Å². The van der Waals surface area contributed by atoms with Crippen molar-refractivity contribution in [2.45, 2.75) is 52.0 Å². The van der Waals surface area contributed by atoms with Crippen LogP contribution < -0.4 is 5.32 Å². The Labute approximate surface area is 111 Å². The largest absolute Gasteiger partial charge is 0.309 e. The highest BCUT2D eigenvalue weighted by atomic mass is 15.3. The lowest BCUT2D eigenvalue weighted by Crippen LogP contribution is -2.21. The van der Waals surface area contributed by atoms with Crippen LogP contribution in [-0.2, 0) is 7.05 Å². The first kappa shape index (κ1) is 15.0. The normalized spacial score (nSPS) is 12.6. The van der Waals surface area contributed by atoms with E-state index < -0.39 is 0 Å². The molecule has 3 nitrogen and oxygen atoms in total. The van der Waals surface area contributed by atoms with Crippen LogP contribution in [0.25, 0.3) is 0 Å². The van der Waals surface area contributed by atoms with Crippen LogP contribution in [-0.4, -0.2) is 16.3 Å². The molecule has 1 rings (SSSR count). The molecule has 0 fully saturated rings. The van der Waals surface area contributed by atoms with Gasteiger partial charge in [-0.25, -0.2) is 0 Å². The summed E-state index contributed by atoms with van der Waals surface area (Å²) in [4.78, 5) is 0. The van der Waals surface area contributed by atoms with Gasteiger partial charge in [-0.2, -0.15) is 5.10 Å². The number of aromatic nitrogens is 2. The summed E-state index contributed by atoms with van der Waals surface area (Å²) in [5.41, 5.74) is 2.40. The molecule has 1 aromatic heterocycles. The second kappa shape index (κ2) is 8.09. The summed E-state index contributed by atoms with van der Waals surface area (Å²) in [7, 11) is 2.01. The van der Waals surface area contributed by atoms with Gasteiger partial charge in [-0.3, -0.25) is 4.68 Å². The maximum Gasteiger partial charge on any atom is 0.0796 e. The third kappa shape index (κ3) is 4.65. The van der Waals surface area contributed by atoms with Crippen molar-refractivity contribution in [2.24, 2.45) is 7.05 Å². The third-order valence-electron chi connectivity index (χ3n) is 3.34. The summed E-state index contributed by atoms with van der Waals surface area (Å²) in [6.45, 7) is 9.00. The molecule has 0 aliphatic rings. The van der Waals surface area contributed by atoms with E-state index in [4.69, 9.17) is 0 Å². The molecule has 0 bridgehead atoms. The third-order valence-corrected chi connectivity index (χ3v) is 3.34. The average Bonchev–Trinajstić information content (AvgIpc) is 2.68. The highest BCUT2D eigenvalue weighted by Crippen LogP contribution is 2.19. The maximum absolute atomic E-state index is 4.58. The Balaban J connectivity index is 2.46. The number of rotatable bonds is 9. The molecule has 0 aliphatic carbocycles. The molecule has 1 N–H and O–H groups in total. The molecule has 0 spiro atoms. The Kier molecular flexibility index (Phi) is 6.73. The second-order valence-corrected chi connectivity index (χ2v) is 4.87. The van der Waals surface area contributed by atoms with Gasteiger partial charge >= 0.3 is 0 Å². The predicted octanol–water partition coefficient (Wildman–Crippen LogP) is 3.52. The molecular formula is C15H27N3. The summed E-state index contributed by atoms with van der Waals surface area (Å²) in [6.07, 6.45) is 8.09. The highest BCUT2D eigenvalue weighted by molar-refractivity contribution is 5.12. The summed E-state index contributed by atoms with van der Waals surface area (Å²) in [5.74, 6) is 0. The zero-order chi connectivity index (χ0) is 13.4. The molecule has 1 aromatic rings. The number of aryl methyl sites for hydroxylation is 2. The molecule has 1 heterocycles. The first-order valence-electron chi connectivity index (χ1n) is 7.03. The van der Waals surface area contributed by atoms with E-state index in [0.717, 1.165) is 13.0 Å². The second-order valence-electron chi connectivity index (χ2n) is 4.87. The Morgan fingerprint density at radius 3 is 2.78 bits per heavy atom. The van der Waals surface area contributed by atoms with Gasteiger partial charge in [0.15, 0.2) is 0 Å². The molecule has 0 saturated carbocycles. The van der Waals surface area contributed by atoms with Crippen LogP contribution in [0.1, 0.15) is 56.5 Å². The fourth-order valence-corrected chi connectivity index (χ4v) is 2.17. The van der Waals surface area contributed by atoms with E-state index in [2.05, 4.69) is 36.9 Å². The molecule has 0 aromatic carbocycles. The van der Waals surface area contributed by atoms with Gasteiger partial charge in [-0.05, 0) is 38.8 Å². The van der Waals surface area contributed by atoms with E-state index in [-0.39, 0.29) is 0 Å². The molecule has 18 heavy (non-hydrogen) atoms. The number of unbranched alkanes of at least 4 members (excludes halogenated alkanes) is 3. The van der Waals surface area contributed by atoms with E-state index in [1.807, 2.05) is 17.8 Å². The molecule has 0 radical (unpaired) electrons. The van der Waals surface area contributed by atoms with Crippen LogP contribution >= 0.6 is 0 Å². The van der Waals surface area contributed by atoms with Gasteiger partial charge in [0.25, 0.3) is 0 Å². The summed E-state index contributed by atoms with van der Waals surface area (Å²) < 4.78 is 1.96. The van der Waals surface area contributed by atoms with Crippen LogP contribution in [0.5, 0.6) is 0 Å². The monoisotopic (exact) mass is 249 g/mol. The first-order chi connectivity index (χ1) is 8.69. The lowest BCUT2D eigenvalue weighted by molar-refractivity contribution is 0.469. The van der Waals surface area contributed by atoms with Gasteiger partial charge in [0.05, 0.1) is 11.7 Å². The van der Waals surface area contributed by atoms with Crippen LogP contribution in [0.2, 0.25) is 0 Å². The van der Waals surface area contributed by atoms with Crippen molar-refractivity contribution in [2.75, 3.05) is 6.54 Å². The summed E-state index contributed by atoms with van der Waals surface area (Å²) in [5, 5.41) is 8.12. The molecule has 0 saturated heterocycles. The first-order valence-corrected chi connectivity index (χ1v) is 7.03. The number of hydrogen-bond donors (Lipinski definition) is 1. The Bertz CT molecular complexity index is 335. The molecule has 1 atom stereocenters. The van der Waals surface area contributed by atoms with Crippen molar-refractivity contribution in [3.05, 3.63) is 30.1 Å². The van der Waals surface area contributed by atoms with Gasteiger partial charge in [-0.15, -0.1) is 6.58 Å². The minimum Gasteiger partial charge on any atom is -0.309 e. The van der Waals surface area contributed by atoms with E-state index in [1.54, 1.807) is 0 Å². The van der Waals surface area contributed by atoms with Crippen molar-refractivity contribution < 1.29 is 0 Å². The average molecular weight is 249 g/mol. The molecule has 3 heteroatoms. The van der Waals surface area contributed by atoms with Crippen molar-refractivity contribution in [3.8, 4) is 0 Å². The van der Waals surface area contributed by atoms with Crippen molar-refractivity contribution in [1.29, 1.82) is 0 Å². The van der Waals surface area contributed by atoms with Gasteiger partial charge in [-0.1, -0.05) is 25.8 Å². The lowest BCUT2D eigenvalue weighted by Gasteiger charge is -2.15. The van der Waals surface area contributed by atoms with Crippen LogP contribution in [0, 0.1) is 6.92 Å². The fraction of sp³-hybridized carbons (Fsp3) is 0.667. The number of nitrogens with one attached hydrogen (secondary N) is 1. The molecule has 1 unspecified atom stereocenters. The smallest absolute Gasteiger partial charge is 0.0796 e.